The Bertz CT molecular complexity index is 781. The van der Waals surface area contributed by atoms with Gasteiger partial charge in [0.2, 0.25) is 0 Å². The second-order valence-electron chi connectivity index (χ2n) is 5.69. The maximum absolute atomic E-state index is 12.4. The van der Waals surface area contributed by atoms with E-state index >= 15 is 0 Å². The molecule has 7 heteroatoms. The van der Waals surface area contributed by atoms with E-state index in [-0.39, 0.29) is 11.5 Å². The molecule has 0 bridgehead atoms. The van der Waals surface area contributed by atoms with Crippen molar-refractivity contribution in [1.29, 1.82) is 0 Å². The van der Waals surface area contributed by atoms with Crippen LogP contribution in [0.2, 0.25) is 0 Å². The van der Waals surface area contributed by atoms with E-state index in [1.54, 1.807) is 18.3 Å². The zero-order valence-electron chi connectivity index (χ0n) is 12.8. The van der Waals surface area contributed by atoms with Gasteiger partial charge in [-0.1, -0.05) is 18.7 Å². The molecule has 0 saturated carbocycles. The van der Waals surface area contributed by atoms with Crippen molar-refractivity contribution in [3.8, 4) is 0 Å². The van der Waals surface area contributed by atoms with Crippen LogP contribution in [0.3, 0.4) is 0 Å². The summed E-state index contributed by atoms with van der Waals surface area (Å²) in [7, 11) is 1.35. The van der Waals surface area contributed by atoms with Crippen LogP contribution in [-0.4, -0.2) is 28.3 Å². The third-order valence-electron chi connectivity index (χ3n) is 3.97. The lowest BCUT2D eigenvalue weighted by Gasteiger charge is -2.17. The number of H-pyrrole nitrogens is 1. The third kappa shape index (κ3) is 2.79. The largest absolute Gasteiger partial charge is 0.468 e. The SMILES string of the molecule is COC(=O)C(C)Sc1nc2sc3c(c2c(=O)[nH]1)CCC(C)C3. The molecule has 1 aliphatic rings. The number of thioether (sulfide) groups is 1. The Morgan fingerprint density at radius 2 is 2.32 bits per heavy atom. The molecule has 22 heavy (non-hydrogen) atoms. The molecule has 118 valence electrons. The van der Waals surface area contributed by atoms with Gasteiger partial charge >= 0.3 is 5.97 Å². The molecule has 0 fully saturated rings. The van der Waals surface area contributed by atoms with Crippen LogP contribution in [0.25, 0.3) is 10.2 Å². The number of hydrogen-bond acceptors (Lipinski definition) is 6. The lowest BCUT2D eigenvalue weighted by molar-refractivity contribution is -0.139. The molecule has 0 amide bonds. The molecule has 0 saturated heterocycles. The maximum atomic E-state index is 12.4. The molecule has 0 radical (unpaired) electrons. The Morgan fingerprint density at radius 1 is 1.55 bits per heavy atom. The molecule has 0 aliphatic heterocycles. The Balaban J connectivity index is 1.99. The van der Waals surface area contributed by atoms with Crippen LogP contribution in [0.5, 0.6) is 0 Å². The normalized spacial score (nSPS) is 19.0. The van der Waals surface area contributed by atoms with Crippen molar-refractivity contribution in [2.45, 2.75) is 43.5 Å². The fraction of sp³-hybridized carbons (Fsp3) is 0.533. The van der Waals surface area contributed by atoms with Crippen molar-refractivity contribution in [3.05, 3.63) is 20.8 Å². The molecular weight excluding hydrogens is 320 g/mol. The number of aromatic amines is 1. The van der Waals surface area contributed by atoms with Crippen LogP contribution >= 0.6 is 23.1 Å². The number of nitrogens with one attached hydrogen (secondary N) is 1. The summed E-state index contributed by atoms with van der Waals surface area (Å²) in [5.74, 6) is 0.333. The summed E-state index contributed by atoms with van der Waals surface area (Å²) in [5.41, 5.74) is 1.07. The number of esters is 1. The van der Waals surface area contributed by atoms with E-state index in [0.29, 0.717) is 11.1 Å². The zero-order valence-corrected chi connectivity index (χ0v) is 14.4. The number of carbonyl (C=O) groups excluding carboxylic acids is 1. The van der Waals surface area contributed by atoms with Gasteiger partial charge in [-0.25, -0.2) is 4.98 Å². The van der Waals surface area contributed by atoms with E-state index in [2.05, 4.69) is 16.9 Å². The number of carbonyl (C=O) groups is 1. The minimum absolute atomic E-state index is 0.100. The Morgan fingerprint density at radius 3 is 3.05 bits per heavy atom. The average Bonchev–Trinajstić information content (AvgIpc) is 2.83. The van der Waals surface area contributed by atoms with E-state index < -0.39 is 5.25 Å². The second kappa shape index (κ2) is 6.04. The van der Waals surface area contributed by atoms with Gasteiger partial charge in [-0.2, -0.15) is 0 Å². The summed E-state index contributed by atoms with van der Waals surface area (Å²) in [6.45, 7) is 3.98. The third-order valence-corrected chi connectivity index (χ3v) is 6.08. The van der Waals surface area contributed by atoms with Crippen molar-refractivity contribution in [2.24, 2.45) is 5.92 Å². The van der Waals surface area contributed by atoms with Crippen molar-refractivity contribution >= 4 is 39.3 Å². The molecule has 2 atom stereocenters. The van der Waals surface area contributed by atoms with Crippen LogP contribution < -0.4 is 5.56 Å². The van der Waals surface area contributed by atoms with Crippen molar-refractivity contribution in [2.75, 3.05) is 7.11 Å². The van der Waals surface area contributed by atoms with Crippen LogP contribution in [0, 0.1) is 5.92 Å². The Kier molecular flexibility index (Phi) is 4.27. The highest BCUT2D eigenvalue weighted by Gasteiger charge is 2.24. The van der Waals surface area contributed by atoms with Crippen LogP contribution in [-0.2, 0) is 22.4 Å². The maximum Gasteiger partial charge on any atom is 0.318 e. The lowest BCUT2D eigenvalue weighted by Crippen LogP contribution is -2.17. The number of aromatic nitrogens is 2. The van der Waals surface area contributed by atoms with Crippen molar-refractivity contribution in [1.82, 2.24) is 9.97 Å². The Labute approximate surface area is 136 Å². The summed E-state index contributed by atoms with van der Waals surface area (Å²) in [4.78, 5) is 33.3. The van der Waals surface area contributed by atoms with Crippen molar-refractivity contribution in [3.63, 3.8) is 0 Å². The lowest BCUT2D eigenvalue weighted by atomic mass is 9.89. The highest BCUT2D eigenvalue weighted by Crippen LogP contribution is 2.36. The molecule has 1 N–H and O–H groups in total. The van der Waals surface area contributed by atoms with Gasteiger partial charge in [-0.15, -0.1) is 11.3 Å². The number of nitrogens with zero attached hydrogens (tertiary/aromatic N) is 1. The molecule has 2 heterocycles. The topological polar surface area (TPSA) is 72.0 Å². The van der Waals surface area contributed by atoms with Gasteiger partial charge in [-0.05, 0) is 37.7 Å². The minimum Gasteiger partial charge on any atom is -0.468 e. The number of thiophene rings is 1. The Hall–Kier alpha value is -1.34. The van der Waals surface area contributed by atoms with Gasteiger partial charge in [0, 0.05) is 4.88 Å². The molecule has 5 nitrogen and oxygen atoms in total. The number of hydrogen-bond donors (Lipinski definition) is 1. The molecule has 2 unspecified atom stereocenters. The van der Waals surface area contributed by atoms with Gasteiger partial charge in [0.1, 0.15) is 10.1 Å². The van der Waals surface area contributed by atoms with Gasteiger partial charge in [0.25, 0.3) is 5.56 Å². The van der Waals surface area contributed by atoms with Crippen LogP contribution in [0.15, 0.2) is 9.95 Å². The summed E-state index contributed by atoms with van der Waals surface area (Å²) < 4.78 is 4.70. The van der Waals surface area contributed by atoms with E-state index in [1.165, 1.54) is 29.3 Å². The van der Waals surface area contributed by atoms with E-state index in [9.17, 15) is 9.59 Å². The molecule has 1 aliphatic carbocycles. The molecule has 2 aromatic heterocycles. The molecule has 0 aromatic carbocycles. The smallest absolute Gasteiger partial charge is 0.318 e. The second-order valence-corrected chi connectivity index (χ2v) is 8.10. The number of methoxy groups -OCH3 is 1. The summed E-state index contributed by atoms with van der Waals surface area (Å²) in [6, 6.07) is 0. The fourth-order valence-corrected chi connectivity index (χ4v) is 5.03. The number of fused-ring (bicyclic) bond motifs is 3. The molecule has 0 spiro atoms. The predicted octanol–water partition coefficient (Wildman–Crippen LogP) is 2.76. The van der Waals surface area contributed by atoms with Crippen LogP contribution in [0.1, 0.15) is 30.7 Å². The highest BCUT2D eigenvalue weighted by molar-refractivity contribution is 8.00. The molecule has 3 rings (SSSR count). The first-order valence-corrected chi connectivity index (χ1v) is 8.98. The fourth-order valence-electron chi connectivity index (χ4n) is 2.77. The van der Waals surface area contributed by atoms with Crippen LogP contribution in [0.4, 0.5) is 0 Å². The quantitative estimate of drug-likeness (QED) is 0.529. The number of rotatable bonds is 3. The van der Waals surface area contributed by atoms with Gasteiger partial charge in [0.15, 0.2) is 5.16 Å². The predicted molar refractivity (Wildman–Crippen MR) is 88.8 cm³/mol. The first kappa shape index (κ1) is 15.6. The van der Waals surface area contributed by atoms with E-state index in [1.807, 2.05) is 0 Å². The first-order valence-electron chi connectivity index (χ1n) is 7.28. The van der Waals surface area contributed by atoms with Gasteiger partial charge < -0.3 is 9.72 Å². The van der Waals surface area contributed by atoms with E-state index in [0.717, 1.165) is 29.5 Å². The number of aryl methyl sites for hydroxylation is 1. The molecular formula is C15H18N2O3S2. The van der Waals surface area contributed by atoms with Gasteiger partial charge in [-0.3, -0.25) is 9.59 Å². The molecule has 2 aromatic rings. The highest BCUT2D eigenvalue weighted by atomic mass is 32.2. The summed E-state index contributed by atoms with van der Waals surface area (Å²) >= 11 is 2.83. The number of ether oxygens (including phenoxy) is 1. The monoisotopic (exact) mass is 338 g/mol. The summed E-state index contributed by atoms with van der Waals surface area (Å²) in [6.07, 6.45) is 3.09. The van der Waals surface area contributed by atoms with Gasteiger partial charge in [0.05, 0.1) is 12.5 Å². The van der Waals surface area contributed by atoms with Crippen molar-refractivity contribution < 1.29 is 9.53 Å². The minimum atomic E-state index is -0.403. The average molecular weight is 338 g/mol. The standard InChI is InChI=1S/C15H18N2O3S2/c1-7-4-5-9-10(6-7)22-13-11(9)12(18)16-15(17-13)21-8(2)14(19)20-3/h7-8H,4-6H2,1-3H3,(H,16,17,18). The zero-order chi connectivity index (χ0) is 15.9. The summed E-state index contributed by atoms with van der Waals surface area (Å²) in [5, 5.41) is 0.809. The first-order chi connectivity index (χ1) is 10.5. The van der Waals surface area contributed by atoms with E-state index in [4.69, 9.17) is 4.74 Å².